The molecule has 102 valence electrons. The minimum absolute atomic E-state index is 0.173. The van der Waals surface area contributed by atoms with Crippen molar-refractivity contribution in [3.63, 3.8) is 0 Å². The average molecular weight is 264 g/mol. The van der Waals surface area contributed by atoms with Crippen LogP contribution in [0.4, 0.5) is 4.39 Å². The fraction of sp³-hybridized carbons (Fsp3) is 0.308. The first-order valence-corrected chi connectivity index (χ1v) is 5.91. The molecular formula is C13H17FN4O. The van der Waals surface area contributed by atoms with Gasteiger partial charge in [0.25, 0.3) is 0 Å². The highest BCUT2D eigenvalue weighted by Crippen LogP contribution is 2.21. The van der Waals surface area contributed by atoms with Crippen LogP contribution in [0.3, 0.4) is 0 Å². The zero-order chi connectivity index (χ0) is 13.8. The number of hydrogen-bond acceptors (Lipinski definition) is 4. The van der Waals surface area contributed by atoms with Crippen LogP contribution in [-0.2, 0) is 13.5 Å². The van der Waals surface area contributed by atoms with Crippen molar-refractivity contribution in [3.05, 3.63) is 47.8 Å². The summed E-state index contributed by atoms with van der Waals surface area (Å²) in [7, 11) is 3.33. The summed E-state index contributed by atoms with van der Waals surface area (Å²) in [5, 5.41) is 0. The molecule has 1 aromatic carbocycles. The van der Waals surface area contributed by atoms with Gasteiger partial charge in [0, 0.05) is 19.4 Å². The van der Waals surface area contributed by atoms with Crippen molar-refractivity contribution in [2.24, 2.45) is 12.9 Å². The Morgan fingerprint density at radius 1 is 1.53 bits per heavy atom. The molecule has 0 spiro atoms. The molecule has 0 radical (unpaired) electrons. The predicted molar refractivity (Wildman–Crippen MR) is 69.9 cm³/mol. The number of imidazole rings is 1. The lowest BCUT2D eigenvalue weighted by Gasteiger charge is -2.16. The van der Waals surface area contributed by atoms with Crippen LogP contribution in [0.15, 0.2) is 30.6 Å². The Morgan fingerprint density at radius 2 is 2.32 bits per heavy atom. The van der Waals surface area contributed by atoms with Crippen molar-refractivity contribution >= 4 is 0 Å². The van der Waals surface area contributed by atoms with E-state index >= 15 is 0 Å². The molecule has 0 aliphatic carbocycles. The summed E-state index contributed by atoms with van der Waals surface area (Å²) in [6.07, 6.45) is 4.09. The molecule has 19 heavy (non-hydrogen) atoms. The molecule has 0 saturated heterocycles. The highest BCUT2D eigenvalue weighted by atomic mass is 19.1. The standard InChI is InChI=1S/C13H17FN4O/c1-18-6-5-16-13(18)11(17-15)8-9-3-4-12(19-2)10(14)7-9/h3-7,11,17H,8,15H2,1-2H3. The maximum atomic E-state index is 13.6. The van der Waals surface area contributed by atoms with Gasteiger partial charge in [-0.25, -0.2) is 14.8 Å². The summed E-state index contributed by atoms with van der Waals surface area (Å²) in [6, 6.07) is 4.70. The summed E-state index contributed by atoms with van der Waals surface area (Å²) >= 11 is 0. The van der Waals surface area contributed by atoms with Crippen molar-refractivity contribution in [3.8, 4) is 5.75 Å². The molecule has 0 amide bonds. The Kier molecular flexibility index (Phi) is 4.13. The Labute approximate surface area is 111 Å². The van der Waals surface area contributed by atoms with Crippen LogP contribution in [0.2, 0.25) is 0 Å². The Hall–Kier alpha value is -1.92. The summed E-state index contributed by atoms with van der Waals surface area (Å²) < 4.78 is 20.4. The van der Waals surface area contributed by atoms with Crippen LogP contribution in [0.5, 0.6) is 5.75 Å². The van der Waals surface area contributed by atoms with Crippen LogP contribution >= 0.6 is 0 Å². The SMILES string of the molecule is COc1ccc(CC(NN)c2nccn2C)cc1F. The average Bonchev–Trinajstić information content (AvgIpc) is 2.82. The van der Waals surface area contributed by atoms with Crippen LogP contribution in [0.1, 0.15) is 17.4 Å². The van der Waals surface area contributed by atoms with Gasteiger partial charge in [0.15, 0.2) is 11.6 Å². The lowest BCUT2D eigenvalue weighted by molar-refractivity contribution is 0.385. The van der Waals surface area contributed by atoms with Crippen LogP contribution < -0.4 is 16.0 Å². The van der Waals surface area contributed by atoms with E-state index < -0.39 is 0 Å². The fourth-order valence-electron chi connectivity index (χ4n) is 2.01. The molecule has 1 atom stereocenters. The number of hydrogen-bond donors (Lipinski definition) is 2. The van der Waals surface area contributed by atoms with Crippen molar-refractivity contribution in [1.82, 2.24) is 15.0 Å². The molecule has 1 aromatic heterocycles. The number of nitrogens with two attached hydrogens (primary N) is 1. The smallest absolute Gasteiger partial charge is 0.165 e. The van der Waals surface area contributed by atoms with Crippen LogP contribution in [0, 0.1) is 5.82 Å². The largest absolute Gasteiger partial charge is 0.494 e. The number of methoxy groups -OCH3 is 1. The Balaban J connectivity index is 2.19. The Morgan fingerprint density at radius 3 is 2.84 bits per heavy atom. The minimum Gasteiger partial charge on any atom is -0.494 e. The van der Waals surface area contributed by atoms with E-state index in [4.69, 9.17) is 10.6 Å². The molecule has 3 N–H and O–H groups in total. The Bertz CT molecular complexity index is 555. The molecular weight excluding hydrogens is 247 g/mol. The molecule has 0 fully saturated rings. The summed E-state index contributed by atoms with van der Waals surface area (Å²) in [6.45, 7) is 0. The highest BCUT2D eigenvalue weighted by molar-refractivity contribution is 5.30. The molecule has 0 saturated carbocycles. The number of nitrogens with one attached hydrogen (secondary N) is 1. The van der Waals surface area contributed by atoms with Crippen LogP contribution in [0.25, 0.3) is 0 Å². The number of nitrogens with zero attached hydrogens (tertiary/aromatic N) is 2. The first kappa shape index (κ1) is 13.5. The lowest BCUT2D eigenvalue weighted by atomic mass is 10.1. The van der Waals surface area contributed by atoms with E-state index in [0.29, 0.717) is 6.42 Å². The first-order valence-electron chi connectivity index (χ1n) is 5.91. The second kappa shape index (κ2) is 5.81. The number of benzene rings is 1. The maximum absolute atomic E-state index is 13.6. The molecule has 5 nitrogen and oxygen atoms in total. The number of rotatable bonds is 5. The summed E-state index contributed by atoms with van der Waals surface area (Å²) in [4.78, 5) is 4.24. The molecule has 1 unspecified atom stereocenters. The van der Waals surface area contributed by atoms with E-state index in [2.05, 4.69) is 10.4 Å². The normalized spacial score (nSPS) is 12.4. The van der Waals surface area contributed by atoms with E-state index in [1.54, 1.807) is 12.3 Å². The molecule has 1 heterocycles. The number of halogens is 1. The molecule has 0 aliphatic heterocycles. The number of aryl methyl sites for hydroxylation is 1. The monoisotopic (exact) mass is 264 g/mol. The van der Waals surface area contributed by atoms with E-state index in [1.165, 1.54) is 13.2 Å². The van der Waals surface area contributed by atoms with Gasteiger partial charge in [0.1, 0.15) is 5.82 Å². The van der Waals surface area contributed by atoms with E-state index in [9.17, 15) is 4.39 Å². The van der Waals surface area contributed by atoms with E-state index in [-0.39, 0.29) is 17.6 Å². The number of aromatic nitrogens is 2. The van der Waals surface area contributed by atoms with Gasteiger partial charge in [-0.2, -0.15) is 0 Å². The van der Waals surface area contributed by atoms with Gasteiger partial charge in [-0.3, -0.25) is 5.84 Å². The summed E-state index contributed by atoms with van der Waals surface area (Å²) in [5.74, 6) is 6.21. The van der Waals surface area contributed by atoms with Gasteiger partial charge in [-0.15, -0.1) is 0 Å². The van der Waals surface area contributed by atoms with Crippen molar-refractivity contribution in [1.29, 1.82) is 0 Å². The van der Waals surface area contributed by atoms with Gasteiger partial charge in [-0.05, 0) is 24.1 Å². The first-order chi connectivity index (χ1) is 9.15. The van der Waals surface area contributed by atoms with Gasteiger partial charge in [-0.1, -0.05) is 6.07 Å². The molecule has 2 aromatic rings. The second-order valence-electron chi connectivity index (χ2n) is 4.29. The maximum Gasteiger partial charge on any atom is 0.165 e. The number of ether oxygens (including phenoxy) is 1. The quantitative estimate of drug-likeness (QED) is 0.631. The third kappa shape index (κ3) is 2.91. The highest BCUT2D eigenvalue weighted by Gasteiger charge is 2.15. The van der Waals surface area contributed by atoms with Crippen LogP contribution in [-0.4, -0.2) is 16.7 Å². The molecule has 6 heteroatoms. The van der Waals surface area contributed by atoms with Gasteiger partial charge >= 0.3 is 0 Å². The molecule has 0 aliphatic rings. The summed E-state index contributed by atoms with van der Waals surface area (Å²) in [5.41, 5.74) is 3.53. The third-order valence-corrected chi connectivity index (χ3v) is 3.03. The second-order valence-corrected chi connectivity index (χ2v) is 4.29. The molecule has 0 bridgehead atoms. The fourth-order valence-corrected chi connectivity index (χ4v) is 2.01. The van der Waals surface area contributed by atoms with Crippen molar-refractivity contribution < 1.29 is 9.13 Å². The van der Waals surface area contributed by atoms with Crippen molar-refractivity contribution in [2.45, 2.75) is 12.5 Å². The topological polar surface area (TPSA) is 65.1 Å². The predicted octanol–water partition coefficient (Wildman–Crippen LogP) is 1.31. The molecule has 2 rings (SSSR count). The lowest BCUT2D eigenvalue weighted by Crippen LogP contribution is -2.31. The van der Waals surface area contributed by atoms with Gasteiger partial charge in [0.2, 0.25) is 0 Å². The van der Waals surface area contributed by atoms with E-state index in [0.717, 1.165) is 11.4 Å². The zero-order valence-electron chi connectivity index (χ0n) is 10.9. The third-order valence-electron chi connectivity index (χ3n) is 3.03. The minimum atomic E-state index is -0.379. The number of hydrazine groups is 1. The van der Waals surface area contributed by atoms with Gasteiger partial charge in [0.05, 0.1) is 13.2 Å². The van der Waals surface area contributed by atoms with Gasteiger partial charge < -0.3 is 9.30 Å². The zero-order valence-corrected chi connectivity index (χ0v) is 10.9. The van der Waals surface area contributed by atoms with Crippen molar-refractivity contribution in [2.75, 3.05) is 7.11 Å². The van der Waals surface area contributed by atoms with E-state index in [1.807, 2.05) is 23.9 Å².